The van der Waals surface area contributed by atoms with Crippen LogP contribution in [0.5, 0.6) is 5.88 Å². The Labute approximate surface area is 172 Å². The van der Waals surface area contributed by atoms with Gasteiger partial charge < -0.3 is 14.8 Å². The Morgan fingerprint density at radius 2 is 2.14 bits per heavy atom. The highest BCUT2D eigenvalue weighted by Gasteiger charge is 2.23. The molecule has 2 N–H and O–H groups in total. The maximum atomic E-state index is 13.8. The van der Waals surface area contributed by atoms with E-state index in [1.165, 1.54) is 37.1 Å². The molecular formula is C18H23F2N5OS2. The highest BCUT2D eigenvalue weighted by molar-refractivity contribution is 7.98. The van der Waals surface area contributed by atoms with Crippen molar-refractivity contribution in [3.8, 4) is 5.88 Å². The fourth-order valence-electron chi connectivity index (χ4n) is 2.65. The summed E-state index contributed by atoms with van der Waals surface area (Å²) in [5.74, 6) is -0.480. The first-order chi connectivity index (χ1) is 13.5. The Balaban J connectivity index is 1.66. The monoisotopic (exact) mass is 427 g/mol. The van der Waals surface area contributed by atoms with Crippen LogP contribution in [0.3, 0.4) is 0 Å². The van der Waals surface area contributed by atoms with Gasteiger partial charge >= 0.3 is 0 Å². The second-order valence-corrected chi connectivity index (χ2v) is 8.33. The SMILES string of the molecule is COc1cc(NSN2CC(C)NC[C@@H]2C)nc(SCc2cccc(F)c2F)n1. The van der Waals surface area contributed by atoms with E-state index >= 15 is 0 Å². The maximum Gasteiger partial charge on any atom is 0.219 e. The van der Waals surface area contributed by atoms with Gasteiger partial charge in [-0.2, -0.15) is 4.98 Å². The molecule has 0 saturated carbocycles. The number of piperazine rings is 1. The average Bonchev–Trinajstić information content (AvgIpc) is 2.69. The molecule has 1 saturated heterocycles. The third-order valence-electron chi connectivity index (χ3n) is 4.25. The standard InChI is InChI=1S/C18H23F2N5OS2/c1-11-9-25(12(2)8-21-11)28-24-15-7-16(26-3)23-18(22-15)27-10-13-5-4-6-14(19)17(13)20/h4-7,11-12,21H,8-10H2,1-3H3,(H,22,23,24)/t11?,12-/m0/s1. The molecule has 1 unspecified atom stereocenters. The van der Waals surface area contributed by atoms with E-state index in [1.54, 1.807) is 12.1 Å². The summed E-state index contributed by atoms with van der Waals surface area (Å²) in [5.41, 5.74) is 0.268. The number of anilines is 1. The van der Waals surface area contributed by atoms with E-state index in [0.717, 1.165) is 19.2 Å². The van der Waals surface area contributed by atoms with Crippen LogP contribution in [0.15, 0.2) is 29.4 Å². The molecule has 1 aliphatic rings. The fourth-order valence-corrected chi connectivity index (χ4v) is 4.34. The Hall–Kier alpha value is -1.62. The van der Waals surface area contributed by atoms with E-state index in [-0.39, 0.29) is 11.3 Å². The number of methoxy groups -OCH3 is 1. The van der Waals surface area contributed by atoms with Crippen molar-refractivity contribution in [1.82, 2.24) is 19.6 Å². The number of hydrogen-bond acceptors (Lipinski definition) is 8. The van der Waals surface area contributed by atoms with E-state index in [4.69, 9.17) is 4.74 Å². The first kappa shape index (κ1) is 21.1. The molecule has 0 aliphatic carbocycles. The van der Waals surface area contributed by atoms with Crippen LogP contribution in [0.1, 0.15) is 19.4 Å². The van der Waals surface area contributed by atoms with Crippen molar-refractivity contribution in [2.75, 3.05) is 24.9 Å². The number of benzene rings is 1. The van der Waals surface area contributed by atoms with Crippen LogP contribution in [0, 0.1) is 11.6 Å². The van der Waals surface area contributed by atoms with Crippen LogP contribution >= 0.6 is 23.9 Å². The number of nitrogens with zero attached hydrogens (tertiary/aromatic N) is 3. The summed E-state index contributed by atoms with van der Waals surface area (Å²) in [6.07, 6.45) is 0. The highest BCUT2D eigenvalue weighted by atomic mass is 32.2. The highest BCUT2D eigenvalue weighted by Crippen LogP contribution is 2.27. The van der Waals surface area contributed by atoms with Crippen molar-refractivity contribution in [3.05, 3.63) is 41.5 Å². The third kappa shape index (κ3) is 5.47. The summed E-state index contributed by atoms with van der Waals surface area (Å²) in [7, 11) is 1.53. The molecule has 1 aromatic heterocycles. The Bertz CT molecular complexity index is 814. The van der Waals surface area contributed by atoms with E-state index < -0.39 is 11.6 Å². The molecule has 0 amide bonds. The van der Waals surface area contributed by atoms with Crippen molar-refractivity contribution in [2.24, 2.45) is 0 Å². The van der Waals surface area contributed by atoms with E-state index in [2.05, 4.69) is 38.2 Å². The van der Waals surface area contributed by atoms with Crippen molar-refractivity contribution < 1.29 is 13.5 Å². The molecule has 2 heterocycles. The number of thioether (sulfide) groups is 1. The molecule has 152 valence electrons. The predicted molar refractivity (Wildman–Crippen MR) is 109 cm³/mol. The van der Waals surface area contributed by atoms with Crippen LogP contribution in [0.4, 0.5) is 14.6 Å². The lowest BCUT2D eigenvalue weighted by Crippen LogP contribution is -2.51. The van der Waals surface area contributed by atoms with Gasteiger partial charge in [-0.3, -0.25) is 0 Å². The molecule has 1 fully saturated rings. The Kier molecular flexibility index (Phi) is 7.33. The zero-order valence-electron chi connectivity index (χ0n) is 15.9. The molecule has 2 aromatic rings. The molecule has 3 rings (SSSR count). The summed E-state index contributed by atoms with van der Waals surface area (Å²) in [5, 5.41) is 3.86. The van der Waals surface area contributed by atoms with Crippen LogP contribution in [0.25, 0.3) is 0 Å². The number of ether oxygens (including phenoxy) is 1. The minimum Gasteiger partial charge on any atom is -0.481 e. The summed E-state index contributed by atoms with van der Waals surface area (Å²) in [4.78, 5) is 8.74. The lowest BCUT2D eigenvalue weighted by Gasteiger charge is -2.35. The normalized spacial score (nSPS) is 20.2. The fraction of sp³-hybridized carbons (Fsp3) is 0.444. The predicted octanol–water partition coefficient (Wildman–Crippen LogP) is 3.71. The van der Waals surface area contributed by atoms with Crippen LogP contribution < -0.4 is 14.8 Å². The minimum atomic E-state index is -0.859. The second-order valence-electron chi connectivity index (χ2n) is 6.53. The van der Waals surface area contributed by atoms with Gasteiger partial charge in [-0.05, 0) is 19.9 Å². The smallest absolute Gasteiger partial charge is 0.219 e. The Morgan fingerprint density at radius 3 is 2.93 bits per heavy atom. The topological polar surface area (TPSA) is 62.3 Å². The van der Waals surface area contributed by atoms with Crippen LogP contribution in [-0.2, 0) is 5.75 Å². The lowest BCUT2D eigenvalue weighted by molar-refractivity contribution is 0.265. The average molecular weight is 428 g/mol. The van der Waals surface area contributed by atoms with Gasteiger partial charge in [0.25, 0.3) is 0 Å². The largest absolute Gasteiger partial charge is 0.481 e. The summed E-state index contributed by atoms with van der Waals surface area (Å²) in [6.45, 7) is 6.13. The summed E-state index contributed by atoms with van der Waals surface area (Å²) < 4.78 is 37.9. The van der Waals surface area contributed by atoms with Gasteiger partial charge in [0.05, 0.1) is 7.11 Å². The van der Waals surface area contributed by atoms with Crippen LogP contribution in [-0.4, -0.2) is 46.6 Å². The first-order valence-electron chi connectivity index (χ1n) is 8.88. The van der Waals surface area contributed by atoms with E-state index in [9.17, 15) is 8.78 Å². The molecule has 1 aromatic carbocycles. The molecule has 0 bridgehead atoms. The van der Waals surface area contributed by atoms with Gasteiger partial charge in [-0.15, -0.1) is 0 Å². The number of aromatic nitrogens is 2. The zero-order chi connectivity index (χ0) is 20.1. The Morgan fingerprint density at radius 1 is 1.32 bits per heavy atom. The molecule has 0 spiro atoms. The number of halogens is 2. The molecule has 1 aliphatic heterocycles. The van der Waals surface area contributed by atoms with E-state index in [1.807, 2.05) is 0 Å². The maximum absolute atomic E-state index is 13.8. The molecule has 10 heteroatoms. The molecule has 6 nitrogen and oxygen atoms in total. The van der Waals surface area contributed by atoms with Gasteiger partial charge in [0.15, 0.2) is 16.8 Å². The molecule has 0 radical (unpaired) electrons. The van der Waals surface area contributed by atoms with Gasteiger partial charge in [-0.1, -0.05) is 23.9 Å². The first-order valence-corrected chi connectivity index (χ1v) is 10.6. The summed E-state index contributed by atoms with van der Waals surface area (Å²) >= 11 is 2.71. The molecule has 2 atom stereocenters. The minimum absolute atomic E-state index is 0.218. The van der Waals surface area contributed by atoms with Crippen LogP contribution in [0.2, 0.25) is 0 Å². The van der Waals surface area contributed by atoms with Crippen molar-refractivity contribution in [1.29, 1.82) is 0 Å². The second kappa shape index (κ2) is 9.73. The zero-order valence-corrected chi connectivity index (χ0v) is 17.5. The van der Waals surface area contributed by atoms with Crippen molar-refractivity contribution >= 4 is 29.7 Å². The number of rotatable bonds is 7. The quantitative estimate of drug-likeness (QED) is 0.394. The van der Waals surface area contributed by atoms with Crippen molar-refractivity contribution in [2.45, 2.75) is 36.8 Å². The van der Waals surface area contributed by atoms with Gasteiger partial charge in [0.1, 0.15) is 5.82 Å². The lowest BCUT2D eigenvalue weighted by atomic mass is 10.2. The van der Waals surface area contributed by atoms with Gasteiger partial charge in [0.2, 0.25) is 5.88 Å². The third-order valence-corrected chi connectivity index (χ3v) is 6.19. The van der Waals surface area contributed by atoms with Gasteiger partial charge in [-0.25, -0.2) is 18.1 Å². The number of nitrogens with one attached hydrogen (secondary N) is 2. The van der Waals surface area contributed by atoms with E-state index in [0.29, 0.717) is 28.9 Å². The molecule has 28 heavy (non-hydrogen) atoms. The van der Waals surface area contributed by atoms with Gasteiger partial charge in [0, 0.05) is 54.7 Å². The van der Waals surface area contributed by atoms with Crippen molar-refractivity contribution in [3.63, 3.8) is 0 Å². The number of hydrogen-bond donors (Lipinski definition) is 2. The summed E-state index contributed by atoms with van der Waals surface area (Å²) in [6, 6.07) is 6.63. The molecular weight excluding hydrogens is 404 g/mol.